The van der Waals surface area contributed by atoms with E-state index in [2.05, 4.69) is 26.2 Å². The van der Waals surface area contributed by atoms with Gasteiger partial charge >= 0.3 is 0 Å². The second-order valence-electron chi connectivity index (χ2n) is 4.14. The number of fused-ring (bicyclic) bond motifs is 1. The van der Waals surface area contributed by atoms with Crippen molar-refractivity contribution in [3.05, 3.63) is 64.9 Å². The van der Waals surface area contributed by atoms with Gasteiger partial charge in [0.2, 0.25) is 0 Å². The third-order valence-corrected chi connectivity index (χ3v) is 3.44. The standard InChI is InChI=1S/C14H11BrFN3/c15-14-12-6-1-2-7-19(12)13(18-14)9-17-11-5-3-4-10(16)8-11/h1-8,17H,9H2. The Morgan fingerprint density at radius 3 is 2.95 bits per heavy atom. The molecule has 0 bridgehead atoms. The molecule has 0 aliphatic rings. The molecular weight excluding hydrogens is 309 g/mol. The SMILES string of the molecule is Fc1cccc(NCc2nc(Br)c3ccccn23)c1. The number of halogens is 2. The Labute approximate surface area is 118 Å². The van der Waals surface area contributed by atoms with Crippen LogP contribution in [-0.2, 0) is 6.54 Å². The summed E-state index contributed by atoms with van der Waals surface area (Å²) in [6.45, 7) is 0.528. The zero-order chi connectivity index (χ0) is 13.2. The monoisotopic (exact) mass is 319 g/mol. The average Bonchev–Trinajstić information content (AvgIpc) is 2.74. The first-order chi connectivity index (χ1) is 9.24. The van der Waals surface area contributed by atoms with Gasteiger partial charge < -0.3 is 9.72 Å². The van der Waals surface area contributed by atoms with Crippen LogP contribution in [0.15, 0.2) is 53.3 Å². The molecule has 0 saturated carbocycles. The van der Waals surface area contributed by atoms with Gasteiger partial charge in [-0.3, -0.25) is 0 Å². The van der Waals surface area contributed by atoms with E-state index in [1.807, 2.05) is 34.9 Å². The largest absolute Gasteiger partial charge is 0.378 e. The number of hydrogen-bond donors (Lipinski definition) is 1. The van der Waals surface area contributed by atoms with Gasteiger partial charge in [-0.2, -0.15) is 0 Å². The van der Waals surface area contributed by atoms with Crippen LogP contribution in [0, 0.1) is 5.82 Å². The summed E-state index contributed by atoms with van der Waals surface area (Å²) in [5.74, 6) is 0.617. The van der Waals surface area contributed by atoms with Crippen molar-refractivity contribution >= 4 is 27.1 Å². The van der Waals surface area contributed by atoms with Crippen molar-refractivity contribution in [3.63, 3.8) is 0 Å². The minimum absolute atomic E-state index is 0.251. The van der Waals surface area contributed by atoms with Crippen molar-refractivity contribution in [3.8, 4) is 0 Å². The Morgan fingerprint density at radius 2 is 2.11 bits per heavy atom. The number of aromatic nitrogens is 2. The van der Waals surface area contributed by atoms with Gasteiger partial charge in [0.1, 0.15) is 16.2 Å². The third kappa shape index (κ3) is 2.46. The molecule has 5 heteroatoms. The van der Waals surface area contributed by atoms with Gasteiger partial charge in [0.05, 0.1) is 12.1 Å². The van der Waals surface area contributed by atoms with Gasteiger partial charge in [-0.15, -0.1) is 0 Å². The summed E-state index contributed by atoms with van der Waals surface area (Å²) < 4.78 is 15.9. The Hall–Kier alpha value is -1.88. The van der Waals surface area contributed by atoms with E-state index < -0.39 is 0 Å². The number of imidazole rings is 1. The van der Waals surface area contributed by atoms with Gasteiger partial charge in [0.15, 0.2) is 0 Å². The molecular formula is C14H11BrFN3. The molecule has 19 heavy (non-hydrogen) atoms. The molecule has 96 valence electrons. The lowest BCUT2D eigenvalue weighted by atomic mass is 10.3. The predicted molar refractivity (Wildman–Crippen MR) is 76.6 cm³/mol. The van der Waals surface area contributed by atoms with Crippen molar-refractivity contribution in [1.82, 2.24) is 9.38 Å². The van der Waals surface area contributed by atoms with Crippen LogP contribution in [0.4, 0.5) is 10.1 Å². The summed E-state index contributed by atoms with van der Waals surface area (Å²) >= 11 is 3.44. The number of pyridine rings is 1. The number of benzene rings is 1. The Bertz CT molecular complexity index is 724. The second kappa shape index (κ2) is 5.01. The van der Waals surface area contributed by atoms with E-state index in [4.69, 9.17) is 0 Å². The van der Waals surface area contributed by atoms with E-state index in [0.717, 1.165) is 21.6 Å². The lowest BCUT2D eigenvalue weighted by Crippen LogP contribution is -2.04. The minimum Gasteiger partial charge on any atom is -0.378 e. The molecule has 3 aromatic rings. The van der Waals surface area contributed by atoms with Crippen molar-refractivity contribution in [2.45, 2.75) is 6.54 Å². The molecule has 2 heterocycles. The highest BCUT2D eigenvalue weighted by atomic mass is 79.9. The fourth-order valence-corrected chi connectivity index (χ4v) is 2.49. The lowest BCUT2D eigenvalue weighted by Gasteiger charge is -2.05. The molecule has 1 N–H and O–H groups in total. The zero-order valence-corrected chi connectivity index (χ0v) is 11.6. The van der Waals surface area contributed by atoms with Crippen molar-refractivity contribution in [1.29, 1.82) is 0 Å². The highest BCUT2D eigenvalue weighted by Gasteiger charge is 2.07. The molecule has 0 unspecified atom stereocenters. The van der Waals surface area contributed by atoms with Crippen LogP contribution in [0.25, 0.3) is 5.52 Å². The summed E-state index contributed by atoms with van der Waals surface area (Å²) in [7, 11) is 0. The van der Waals surface area contributed by atoms with E-state index in [-0.39, 0.29) is 5.82 Å². The zero-order valence-electron chi connectivity index (χ0n) is 9.98. The van der Waals surface area contributed by atoms with Crippen LogP contribution < -0.4 is 5.32 Å². The summed E-state index contributed by atoms with van der Waals surface area (Å²) in [5.41, 5.74) is 1.75. The normalized spacial score (nSPS) is 10.8. The van der Waals surface area contributed by atoms with Gasteiger partial charge in [-0.05, 0) is 46.3 Å². The van der Waals surface area contributed by atoms with Crippen LogP contribution in [0.3, 0.4) is 0 Å². The number of nitrogens with one attached hydrogen (secondary N) is 1. The smallest absolute Gasteiger partial charge is 0.134 e. The summed E-state index contributed by atoms with van der Waals surface area (Å²) in [6, 6.07) is 12.3. The maximum atomic E-state index is 13.1. The molecule has 1 aromatic carbocycles. The molecule has 0 radical (unpaired) electrons. The molecule has 0 aliphatic carbocycles. The number of hydrogen-bond acceptors (Lipinski definition) is 2. The molecule has 2 aromatic heterocycles. The number of nitrogens with zero attached hydrogens (tertiary/aromatic N) is 2. The van der Waals surface area contributed by atoms with Gasteiger partial charge in [0, 0.05) is 11.9 Å². The Morgan fingerprint density at radius 1 is 1.21 bits per heavy atom. The van der Waals surface area contributed by atoms with Crippen molar-refractivity contribution < 1.29 is 4.39 Å². The minimum atomic E-state index is -0.251. The topological polar surface area (TPSA) is 29.3 Å². The Balaban J connectivity index is 1.86. The summed E-state index contributed by atoms with van der Waals surface area (Å²) in [4.78, 5) is 4.45. The van der Waals surface area contributed by atoms with Crippen LogP contribution in [0.5, 0.6) is 0 Å². The molecule has 0 amide bonds. The van der Waals surface area contributed by atoms with Crippen LogP contribution in [-0.4, -0.2) is 9.38 Å². The van der Waals surface area contributed by atoms with Crippen molar-refractivity contribution in [2.75, 3.05) is 5.32 Å². The lowest BCUT2D eigenvalue weighted by molar-refractivity contribution is 0.628. The molecule has 0 saturated heterocycles. The van der Waals surface area contributed by atoms with E-state index in [9.17, 15) is 4.39 Å². The van der Waals surface area contributed by atoms with Crippen LogP contribution in [0.1, 0.15) is 5.82 Å². The molecule has 3 rings (SSSR count). The van der Waals surface area contributed by atoms with E-state index in [0.29, 0.717) is 6.54 Å². The average molecular weight is 320 g/mol. The maximum Gasteiger partial charge on any atom is 0.134 e. The quantitative estimate of drug-likeness (QED) is 0.794. The van der Waals surface area contributed by atoms with Gasteiger partial charge in [-0.25, -0.2) is 9.37 Å². The number of rotatable bonds is 3. The fraction of sp³-hybridized carbons (Fsp3) is 0.0714. The summed E-state index contributed by atoms with van der Waals surface area (Å²) in [5, 5.41) is 3.16. The summed E-state index contributed by atoms with van der Waals surface area (Å²) in [6.07, 6.45) is 1.95. The molecule has 0 aliphatic heterocycles. The molecule has 0 spiro atoms. The van der Waals surface area contributed by atoms with Crippen LogP contribution >= 0.6 is 15.9 Å². The second-order valence-corrected chi connectivity index (χ2v) is 4.89. The predicted octanol–water partition coefficient (Wildman–Crippen LogP) is 3.85. The third-order valence-electron chi connectivity index (χ3n) is 2.85. The first-order valence-corrected chi connectivity index (χ1v) is 6.64. The molecule has 0 fully saturated rings. The Kier molecular flexibility index (Phi) is 3.21. The fourth-order valence-electron chi connectivity index (χ4n) is 1.97. The van der Waals surface area contributed by atoms with Gasteiger partial charge in [-0.1, -0.05) is 12.1 Å². The first-order valence-electron chi connectivity index (χ1n) is 5.85. The van der Waals surface area contributed by atoms with E-state index in [1.165, 1.54) is 12.1 Å². The molecule has 3 nitrogen and oxygen atoms in total. The van der Waals surface area contributed by atoms with Crippen molar-refractivity contribution in [2.24, 2.45) is 0 Å². The molecule has 0 atom stereocenters. The van der Waals surface area contributed by atoms with E-state index in [1.54, 1.807) is 6.07 Å². The van der Waals surface area contributed by atoms with Gasteiger partial charge in [0.25, 0.3) is 0 Å². The maximum absolute atomic E-state index is 13.1. The first kappa shape index (κ1) is 12.2. The van der Waals surface area contributed by atoms with Crippen LogP contribution in [0.2, 0.25) is 0 Å². The highest BCUT2D eigenvalue weighted by Crippen LogP contribution is 2.19. The highest BCUT2D eigenvalue weighted by molar-refractivity contribution is 9.10. The van der Waals surface area contributed by atoms with E-state index >= 15 is 0 Å². The number of anilines is 1.